The van der Waals surface area contributed by atoms with Crippen LogP contribution >= 0.6 is 39.5 Å². The van der Waals surface area contributed by atoms with Gasteiger partial charge in [-0.2, -0.15) is 0 Å². The summed E-state index contributed by atoms with van der Waals surface area (Å²) < 4.78 is 1.04. The molecule has 1 aliphatic rings. The second kappa shape index (κ2) is 8.38. The number of thiocarbonyl (C=S) groups is 1. The van der Waals surface area contributed by atoms with E-state index < -0.39 is 0 Å². The second-order valence-corrected chi connectivity index (χ2v) is 9.19. The molecule has 142 valence electrons. The first-order chi connectivity index (χ1) is 13.6. The van der Waals surface area contributed by atoms with Crippen molar-refractivity contribution in [3.8, 4) is 0 Å². The van der Waals surface area contributed by atoms with Crippen molar-refractivity contribution in [2.45, 2.75) is 12.1 Å². The number of carbonyl (C=O) groups is 1. The van der Waals surface area contributed by atoms with Gasteiger partial charge in [-0.1, -0.05) is 24.3 Å². The van der Waals surface area contributed by atoms with Gasteiger partial charge in [0.2, 0.25) is 5.91 Å². The molecule has 0 bridgehead atoms. The highest BCUT2D eigenvalue weighted by molar-refractivity contribution is 9.11. The van der Waals surface area contributed by atoms with Gasteiger partial charge in [-0.25, -0.2) is 0 Å². The summed E-state index contributed by atoms with van der Waals surface area (Å²) in [4.78, 5) is 20.2. The maximum Gasteiger partial charge on any atom is 0.244 e. The first-order valence-corrected chi connectivity index (χ1v) is 10.7. The number of hydrogen-bond acceptors (Lipinski definition) is 4. The van der Waals surface area contributed by atoms with Crippen molar-refractivity contribution >= 4 is 56.2 Å². The zero-order valence-electron chi connectivity index (χ0n) is 14.7. The number of hydrogen-bond donors (Lipinski definition) is 2. The summed E-state index contributed by atoms with van der Waals surface area (Å²) in [6.07, 6.45) is 1.77. The number of anilines is 1. The van der Waals surface area contributed by atoms with E-state index in [1.807, 2.05) is 59.5 Å². The van der Waals surface area contributed by atoms with E-state index >= 15 is 0 Å². The molecule has 2 atom stereocenters. The minimum absolute atomic E-state index is 0.111. The molecule has 0 aliphatic carbocycles. The molecule has 3 aromatic rings. The minimum Gasteiger partial charge on any atom is -0.352 e. The third kappa shape index (κ3) is 4.09. The van der Waals surface area contributed by atoms with Crippen LogP contribution < -0.4 is 10.6 Å². The molecular weight excluding hydrogens is 456 g/mol. The molecule has 28 heavy (non-hydrogen) atoms. The largest absolute Gasteiger partial charge is 0.352 e. The molecule has 4 rings (SSSR count). The number of halogens is 1. The predicted octanol–water partition coefficient (Wildman–Crippen LogP) is 4.52. The van der Waals surface area contributed by atoms with E-state index in [-0.39, 0.29) is 24.5 Å². The number of amides is 1. The SMILES string of the molecule is O=C(CN1C(=S)N[C@@H](c2ccccn2)[C@H]1c1ccc(Br)s1)Nc1ccccc1. The third-order valence-electron chi connectivity index (χ3n) is 4.45. The first-order valence-electron chi connectivity index (χ1n) is 8.70. The van der Waals surface area contributed by atoms with Gasteiger partial charge in [0.25, 0.3) is 0 Å². The van der Waals surface area contributed by atoms with E-state index in [2.05, 4.69) is 37.6 Å². The van der Waals surface area contributed by atoms with Crippen molar-refractivity contribution in [1.82, 2.24) is 15.2 Å². The Labute approximate surface area is 180 Å². The molecule has 1 saturated heterocycles. The van der Waals surface area contributed by atoms with E-state index in [9.17, 15) is 4.79 Å². The monoisotopic (exact) mass is 472 g/mol. The average molecular weight is 473 g/mol. The zero-order chi connectivity index (χ0) is 19.5. The zero-order valence-corrected chi connectivity index (χ0v) is 17.9. The number of aromatic nitrogens is 1. The predicted molar refractivity (Wildman–Crippen MR) is 119 cm³/mol. The van der Waals surface area contributed by atoms with Gasteiger partial charge in [-0.15, -0.1) is 11.3 Å². The Morgan fingerprint density at radius 3 is 2.64 bits per heavy atom. The first kappa shape index (κ1) is 19.0. The molecule has 1 amide bonds. The molecule has 1 fully saturated rings. The van der Waals surface area contributed by atoms with Crippen LogP contribution in [-0.4, -0.2) is 27.4 Å². The van der Waals surface area contributed by atoms with E-state index in [0.29, 0.717) is 5.11 Å². The number of para-hydroxylation sites is 1. The molecule has 0 spiro atoms. The summed E-state index contributed by atoms with van der Waals surface area (Å²) in [6, 6.07) is 19.1. The molecule has 2 aromatic heterocycles. The highest BCUT2D eigenvalue weighted by Gasteiger charge is 2.41. The topological polar surface area (TPSA) is 57.3 Å². The third-order valence-corrected chi connectivity index (χ3v) is 6.50. The molecule has 2 N–H and O–H groups in total. The Balaban J connectivity index is 1.61. The van der Waals surface area contributed by atoms with Gasteiger partial charge < -0.3 is 15.5 Å². The molecule has 5 nitrogen and oxygen atoms in total. The maximum absolute atomic E-state index is 12.7. The van der Waals surface area contributed by atoms with Crippen LogP contribution in [0.4, 0.5) is 5.69 Å². The highest BCUT2D eigenvalue weighted by atomic mass is 79.9. The molecule has 1 aromatic carbocycles. The maximum atomic E-state index is 12.7. The summed E-state index contributed by atoms with van der Waals surface area (Å²) in [6.45, 7) is 0.157. The van der Waals surface area contributed by atoms with E-state index in [0.717, 1.165) is 20.0 Å². The van der Waals surface area contributed by atoms with Crippen LogP contribution in [0.25, 0.3) is 0 Å². The Morgan fingerprint density at radius 1 is 1.18 bits per heavy atom. The van der Waals surface area contributed by atoms with Gasteiger partial charge in [0.05, 0.1) is 21.6 Å². The van der Waals surface area contributed by atoms with Crippen molar-refractivity contribution in [1.29, 1.82) is 0 Å². The Morgan fingerprint density at radius 2 is 1.96 bits per heavy atom. The Bertz CT molecular complexity index is 980. The van der Waals surface area contributed by atoms with Crippen LogP contribution in [0.15, 0.2) is 70.6 Å². The standard InChI is InChI=1S/C20H17BrN4OS2/c21-16-10-9-15(28-16)19-18(14-8-4-5-11-22-14)24-20(27)25(19)12-17(26)23-13-6-2-1-3-7-13/h1-11,18-19H,12H2,(H,23,26)(H,24,27)/t18-,19+/m0/s1. The number of thiophene rings is 1. The molecule has 0 saturated carbocycles. The lowest BCUT2D eigenvalue weighted by Gasteiger charge is -2.26. The van der Waals surface area contributed by atoms with Crippen molar-refractivity contribution in [2.24, 2.45) is 0 Å². The van der Waals surface area contributed by atoms with E-state index in [1.54, 1.807) is 17.5 Å². The lowest BCUT2D eigenvalue weighted by molar-refractivity contribution is -0.116. The summed E-state index contributed by atoms with van der Waals surface area (Å²) in [5.41, 5.74) is 1.66. The van der Waals surface area contributed by atoms with Crippen molar-refractivity contribution < 1.29 is 4.79 Å². The van der Waals surface area contributed by atoms with Gasteiger partial charge in [0.1, 0.15) is 6.54 Å². The van der Waals surface area contributed by atoms with Gasteiger partial charge in [-0.3, -0.25) is 9.78 Å². The van der Waals surface area contributed by atoms with E-state index in [4.69, 9.17) is 12.2 Å². The van der Waals surface area contributed by atoms with Crippen LogP contribution in [0, 0.1) is 0 Å². The number of benzene rings is 1. The van der Waals surface area contributed by atoms with Crippen molar-refractivity contribution in [2.75, 3.05) is 11.9 Å². The second-order valence-electron chi connectivity index (χ2n) is 6.31. The number of carbonyl (C=O) groups excluding carboxylic acids is 1. The molecule has 0 unspecified atom stereocenters. The quantitative estimate of drug-likeness (QED) is 0.534. The fourth-order valence-corrected chi connectivity index (χ4v) is 5.13. The smallest absolute Gasteiger partial charge is 0.244 e. The van der Waals surface area contributed by atoms with Crippen molar-refractivity contribution in [3.63, 3.8) is 0 Å². The Hall–Kier alpha value is -2.29. The number of nitrogens with one attached hydrogen (secondary N) is 2. The van der Waals surface area contributed by atoms with E-state index in [1.165, 1.54) is 0 Å². The fraction of sp³-hybridized carbons (Fsp3) is 0.150. The van der Waals surface area contributed by atoms with Gasteiger partial charge in [0, 0.05) is 16.8 Å². The normalized spacial score (nSPS) is 18.8. The Kier molecular flexibility index (Phi) is 5.70. The van der Waals surface area contributed by atoms with Gasteiger partial charge in [-0.05, 0) is 64.5 Å². The molecular formula is C20H17BrN4OS2. The lowest BCUT2D eigenvalue weighted by atomic mass is 10.0. The molecule has 1 aliphatic heterocycles. The lowest BCUT2D eigenvalue weighted by Crippen LogP contribution is -2.36. The summed E-state index contributed by atoms with van der Waals surface area (Å²) in [7, 11) is 0. The number of nitrogens with zero attached hydrogens (tertiary/aromatic N) is 2. The summed E-state index contributed by atoms with van der Waals surface area (Å²) >= 11 is 10.8. The number of rotatable bonds is 5. The van der Waals surface area contributed by atoms with Crippen LogP contribution in [0.1, 0.15) is 22.7 Å². The summed E-state index contributed by atoms with van der Waals surface area (Å²) in [5, 5.41) is 6.83. The molecule has 8 heteroatoms. The van der Waals surface area contributed by atoms with Gasteiger partial charge in [0.15, 0.2) is 5.11 Å². The molecule has 3 heterocycles. The van der Waals surface area contributed by atoms with Crippen LogP contribution in [0.3, 0.4) is 0 Å². The average Bonchev–Trinajstić information content (AvgIpc) is 3.26. The van der Waals surface area contributed by atoms with Crippen molar-refractivity contribution in [3.05, 3.63) is 81.2 Å². The summed E-state index contributed by atoms with van der Waals surface area (Å²) in [5.74, 6) is -0.113. The minimum atomic E-state index is -0.122. The highest BCUT2D eigenvalue weighted by Crippen LogP contribution is 2.42. The van der Waals surface area contributed by atoms with Crippen LogP contribution in [0.2, 0.25) is 0 Å². The molecule has 0 radical (unpaired) electrons. The number of pyridine rings is 1. The van der Waals surface area contributed by atoms with Crippen LogP contribution in [-0.2, 0) is 4.79 Å². The fourth-order valence-electron chi connectivity index (χ4n) is 3.25. The van der Waals surface area contributed by atoms with Gasteiger partial charge >= 0.3 is 0 Å². The van der Waals surface area contributed by atoms with Crippen LogP contribution in [0.5, 0.6) is 0 Å².